The first-order valence-corrected chi connectivity index (χ1v) is 4.92. The van der Waals surface area contributed by atoms with Crippen molar-refractivity contribution in [1.29, 1.82) is 0 Å². The zero-order valence-electron chi connectivity index (χ0n) is 7.60. The molecule has 1 nitrogen and oxygen atoms in total. The van der Waals surface area contributed by atoms with Gasteiger partial charge in [0.1, 0.15) is 0 Å². The molecule has 13 heavy (non-hydrogen) atoms. The summed E-state index contributed by atoms with van der Waals surface area (Å²) in [5.74, 6) is 2.54. The third kappa shape index (κ3) is 3.22. The molecule has 2 heteroatoms. The van der Waals surface area contributed by atoms with Crippen LogP contribution in [0.4, 0.5) is 0 Å². The molecule has 0 bridgehead atoms. The van der Waals surface area contributed by atoms with Crippen molar-refractivity contribution in [2.45, 2.75) is 13.5 Å². The number of rotatable bonds is 3. The Morgan fingerprint density at radius 2 is 2.31 bits per heavy atom. The Hall–Kier alpha value is -0.780. The molecule has 0 amide bonds. The van der Waals surface area contributed by atoms with Gasteiger partial charge in [0.15, 0.2) is 0 Å². The van der Waals surface area contributed by atoms with E-state index < -0.39 is 0 Å². The molecule has 0 fully saturated rings. The number of aryl methyl sites for hydroxylation is 1. The summed E-state index contributed by atoms with van der Waals surface area (Å²) in [7, 11) is 0. The van der Waals surface area contributed by atoms with Gasteiger partial charge in [-0.05, 0) is 24.1 Å². The van der Waals surface area contributed by atoms with E-state index in [1.54, 1.807) is 0 Å². The van der Waals surface area contributed by atoms with Crippen LogP contribution in [0.5, 0.6) is 0 Å². The Morgan fingerprint density at radius 1 is 1.54 bits per heavy atom. The van der Waals surface area contributed by atoms with Crippen molar-refractivity contribution in [3.63, 3.8) is 0 Å². The topological polar surface area (TPSA) is 12.0 Å². The first-order valence-electron chi connectivity index (χ1n) is 4.13. The quantitative estimate of drug-likeness (QED) is 0.630. The van der Waals surface area contributed by atoms with Gasteiger partial charge < -0.3 is 5.32 Å². The normalized spacial score (nSPS) is 9.62. The van der Waals surface area contributed by atoms with Crippen LogP contribution in [-0.2, 0) is 6.54 Å². The van der Waals surface area contributed by atoms with Gasteiger partial charge in [-0.2, -0.15) is 0 Å². The highest BCUT2D eigenvalue weighted by atomic mass is 79.9. The highest BCUT2D eigenvalue weighted by Crippen LogP contribution is 2.17. The number of terminal acetylenes is 1. The summed E-state index contributed by atoms with van der Waals surface area (Å²) < 4.78 is 1.14. The molecule has 1 aromatic rings. The second-order valence-electron chi connectivity index (χ2n) is 2.90. The Kier molecular flexibility index (Phi) is 4.01. The van der Waals surface area contributed by atoms with Gasteiger partial charge in [0.2, 0.25) is 0 Å². The minimum absolute atomic E-state index is 0.611. The number of nitrogens with one attached hydrogen (secondary N) is 1. The summed E-state index contributed by atoms with van der Waals surface area (Å²) in [5.41, 5.74) is 2.49. The highest BCUT2D eigenvalue weighted by molar-refractivity contribution is 9.10. The van der Waals surface area contributed by atoms with E-state index >= 15 is 0 Å². The maximum atomic E-state index is 5.13. The van der Waals surface area contributed by atoms with Crippen molar-refractivity contribution in [2.24, 2.45) is 0 Å². The van der Waals surface area contributed by atoms with Crippen LogP contribution in [0.3, 0.4) is 0 Å². The second-order valence-corrected chi connectivity index (χ2v) is 3.76. The van der Waals surface area contributed by atoms with E-state index in [2.05, 4.69) is 52.3 Å². The fourth-order valence-electron chi connectivity index (χ4n) is 1.07. The van der Waals surface area contributed by atoms with Gasteiger partial charge in [0.05, 0.1) is 6.54 Å². The summed E-state index contributed by atoms with van der Waals surface area (Å²) in [5, 5.41) is 3.15. The van der Waals surface area contributed by atoms with Crippen LogP contribution in [0.15, 0.2) is 22.7 Å². The van der Waals surface area contributed by atoms with Crippen LogP contribution in [0.2, 0.25) is 0 Å². The zero-order valence-corrected chi connectivity index (χ0v) is 9.19. The van der Waals surface area contributed by atoms with Crippen molar-refractivity contribution < 1.29 is 0 Å². The standard InChI is InChI=1S/C11H12BrN/c1-3-6-13-8-10-5-4-9(2)7-11(10)12/h1,4-5,7,13H,6,8H2,2H3. The first-order chi connectivity index (χ1) is 6.24. The van der Waals surface area contributed by atoms with Crippen molar-refractivity contribution >= 4 is 15.9 Å². The Labute approximate surface area is 87.7 Å². The molecule has 0 aromatic heterocycles. The summed E-state index contributed by atoms with van der Waals surface area (Å²) in [6, 6.07) is 6.30. The molecular formula is C11H12BrN. The van der Waals surface area contributed by atoms with Crippen LogP contribution in [0.25, 0.3) is 0 Å². The molecule has 1 rings (SSSR count). The van der Waals surface area contributed by atoms with Gasteiger partial charge in [0.25, 0.3) is 0 Å². The van der Waals surface area contributed by atoms with Gasteiger partial charge in [-0.25, -0.2) is 0 Å². The summed E-state index contributed by atoms with van der Waals surface area (Å²) in [6.07, 6.45) is 5.13. The number of benzene rings is 1. The minimum atomic E-state index is 0.611. The summed E-state index contributed by atoms with van der Waals surface area (Å²) in [4.78, 5) is 0. The van der Waals surface area contributed by atoms with Crippen LogP contribution < -0.4 is 5.32 Å². The third-order valence-corrected chi connectivity index (χ3v) is 2.49. The molecule has 0 atom stereocenters. The maximum absolute atomic E-state index is 5.13. The molecule has 0 saturated heterocycles. The van der Waals surface area contributed by atoms with E-state index in [4.69, 9.17) is 6.42 Å². The van der Waals surface area contributed by atoms with Crippen molar-refractivity contribution in [2.75, 3.05) is 6.54 Å². The molecule has 0 saturated carbocycles. The van der Waals surface area contributed by atoms with Crippen LogP contribution in [0.1, 0.15) is 11.1 Å². The Bertz CT molecular complexity index is 325. The molecule has 0 aliphatic carbocycles. The molecular weight excluding hydrogens is 226 g/mol. The summed E-state index contributed by atoms with van der Waals surface area (Å²) >= 11 is 3.51. The molecule has 0 heterocycles. The Balaban J connectivity index is 2.62. The van der Waals surface area contributed by atoms with Gasteiger partial charge in [-0.3, -0.25) is 0 Å². The molecule has 0 aliphatic heterocycles. The smallest absolute Gasteiger partial charge is 0.0576 e. The lowest BCUT2D eigenvalue weighted by atomic mass is 10.1. The van der Waals surface area contributed by atoms with E-state index in [1.807, 2.05) is 0 Å². The number of halogens is 1. The van der Waals surface area contributed by atoms with Crippen LogP contribution in [0, 0.1) is 19.3 Å². The van der Waals surface area contributed by atoms with E-state index in [0.29, 0.717) is 6.54 Å². The van der Waals surface area contributed by atoms with Crippen LogP contribution >= 0.6 is 15.9 Å². The zero-order chi connectivity index (χ0) is 9.68. The van der Waals surface area contributed by atoms with E-state index in [0.717, 1.165) is 11.0 Å². The minimum Gasteiger partial charge on any atom is -0.302 e. The number of hydrogen-bond acceptors (Lipinski definition) is 1. The molecule has 0 spiro atoms. The predicted octanol–water partition coefficient (Wildman–Crippen LogP) is 2.48. The van der Waals surface area contributed by atoms with E-state index in [-0.39, 0.29) is 0 Å². The van der Waals surface area contributed by atoms with Gasteiger partial charge in [-0.1, -0.05) is 34.0 Å². The molecule has 1 N–H and O–H groups in total. The van der Waals surface area contributed by atoms with Gasteiger partial charge in [0, 0.05) is 11.0 Å². The summed E-state index contributed by atoms with van der Waals surface area (Å²) in [6.45, 7) is 3.49. The molecule has 1 aromatic carbocycles. The van der Waals surface area contributed by atoms with Crippen molar-refractivity contribution in [3.8, 4) is 12.3 Å². The third-order valence-electron chi connectivity index (χ3n) is 1.75. The van der Waals surface area contributed by atoms with Gasteiger partial charge >= 0.3 is 0 Å². The second kappa shape index (κ2) is 5.06. The SMILES string of the molecule is C#CCNCc1ccc(C)cc1Br. The van der Waals surface area contributed by atoms with Crippen molar-refractivity contribution in [1.82, 2.24) is 5.32 Å². The molecule has 0 unspecified atom stereocenters. The molecule has 68 valence electrons. The van der Waals surface area contributed by atoms with E-state index in [1.165, 1.54) is 11.1 Å². The average Bonchev–Trinajstić information content (AvgIpc) is 2.09. The maximum Gasteiger partial charge on any atom is 0.0576 e. The lowest BCUT2D eigenvalue weighted by molar-refractivity contribution is 0.767. The van der Waals surface area contributed by atoms with E-state index in [9.17, 15) is 0 Å². The fraction of sp³-hybridized carbons (Fsp3) is 0.273. The van der Waals surface area contributed by atoms with Crippen molar-refractivity contribution in [3.05, 3.63) is 33.8 Å². The van der Waals surface area contributed by atoms with Gasteiger partial charge in [-0.15, -0.1) is 6.42 Å². The lowest BCUT2D eigenvalue weighted by Crippen LogP contribution is -2.13. The lowest BCUT2D eigenvalue weighted by Gasteiger charge is -2.05. The fourth-order valence-corrected chi connectivity index (χ4v) is 1.70. The molecule has 0 radical (unpaired) electrons. The first kappa shape index (κ1) is 10.3. The highest BCUT2D eigenvalue weighted by Gasteiger charge is 1.98. The van der Waals surface area contributed by atoms with Crippen LogP contribution in [-0.4, -0.2) is 6.54 Å². The number of hydrogen-bond donors (Lipinski definition) is 1. The monoisotopic (exact) mass is 237 g/mol. The molecule has 0 aliphatic rings. The largest absolute Gasteiger partial charge is 0.302 e. The Morgan fingerprint density at radius 3 is 2.92 bits per heavy atom. The average molecular weight is 238 g/mol. The predicted molar refractivity (Wildman–Crippen MR) is 59.4 cm³/mol.